The zero-order valence-electron chi connectivity index (χ0n) is 10.7. The Balaban J connectivity index is 2.26. The third-order valence-electron chi connectivity index (χ3n) is 3.37. The minimum Gasteiger partial charge on any atom is -0.480 e. The van der Waals surface area contributed by atoms with Crippen LogP contribution in [0.1, 0.15) is 37.8 Å². The van der Waals surface area contributed by atoms with Gasteiger partial charge in [0.05, 0.1) is 0 Å². The van der Waals surface area contributed by atoms with Gasteiger partial charge in [0, 0.05) is 18.3 Å². The maximum Gasteiger partial charge on any atom is 0.326 e. The van der Waals surface area contributed by atoms with E-state index in [0.717, 1.165) is 43.7 Å². The molecule has 0 bridgehead atoms. The molecule has 0 saturated carbocycles. The van der Waals surface area contributed by atoms with E-state index in [0.29, 0.717) is 6.42 Å². The van der Waals surface area contributed by atoms with Crippen LogP contribution in [0.3, 0.4) is 0 Å². The number of carboxylic acid groups (broad SMARTS) is 1. The Morgan fingerprint density at radius 1 is 1.33 bits per heavy atom. The summed E-state index contributed by atoms with van der Waals surface area (Å²) in [5.74, 6) is -0.0232. The highest BCUT2D eigenvalue weighted by Gasteiger charge is 2.27. The first-order valence-corrected chi connectivity index (χ1v) is 6.46. The number of nitrogens with zero attached hydrogens (tertiary/aromatic N) is 3. The maximum atomic E-state index is 11.4. The standard InChI is InChI=1S/C13H19N3O2/c1-10-8-12(15-9-14-10)16-7-5-3-2-4-6-11(16)13(17)18/h8-9,11H,2-7H2,1H3,(H,17,18). The van der Waals surface area contributed by atoms with E-state index in [1.54, 1.807) is 0 Å². The average Bonchev–Trinajstić information content (AvgIpc) is 2.28. The van der Waals surface area contributed by atoms with Crippen molar-refractivity contribution >= 4 is 11.8 Å². The first kappa shape index (κ1) is 12.8. The molecule has 0 radical (unpaired) electrons. The monoisotopic (exact) mass is 249 g/mol. The van der Waals surface area contributed by atoms with Gasteiger partial charge in [0.25, 0.3) is 0 Å². The van der Waals surface area contributed by atoms with Crippen molar-refractivity contribution in [2.45, 2.75) is 45.1 Å². The summed E-state index contributed by atoms with van der Waals surface area (Å²) < 4.78 is 0. The first-order valence-electron chi connectivity index (χ1n) is 6.46. The van der Waals surface area contributed by atoms with Gasteiger partial charge in [-0.05, 0) is 19.8 Å². The van der Waals surface area contributed by atoms with Crippen LogP contribution in [0.15, 0.2) is 12.4 Å². The second kappa shape index (κ2) is 5.80. The number of carboxylic acids is 1. The number of rotatable bonds is 2. The quantitative estimate of drug-likeness (QED) is 0.868. The molecule has 1 aromatic heterocycles. The Morgan fingerprint density at radius 3 is 2.83 bits per heavy atom. The van der Waals surface area contributed by atoms with Gasteiger partial charge >= 0.3 is 5.97 Å². The highest BCUT2D eigenvalue weighted by Crippen LogP contribution is 2.22. The number of hydrogen-bond acceptors (Lipinski definition) is 4. The molecule has 1 N–H and O–H groups in total. The van der Waals surface area contributed by atoms with Crippen LogP contribution >= 0.6 is 0 Å². The summed E-state index contributed by atoms with van der Waals surface area (Å²) in [5, 5.41) is 9.37. The zero-order chi connectivity index (χ0) is 13.0. The lowest BCUT2D eigenvalue weighted by Gasteiger charge is -2.31. The van der Waals surface area contributed by atoms with E-state index in [4.69, 9.17) is 0 Å². The van der Waals surface area contributed by atoms with Crippen molar-refractivity contribution in [1.29, 1.82) is 0 Å². The molecular formula is C13H19N3O2. The Bertz CT molecular complexity index is 422. The molecule has 1 fully saturated rings. The van der Waals surface area contributed by atoms with Crippen LogP contribution in [-0.4, -0.2) is 33.6 Å². The Labute approximate surface area is 107 Å². The zero-order valence-corrected chi connectivity index (χ0v) is 10.7. The summed E-state index contributed by atoms with van der Waals surface area (Å²) in [6.07, 6.45) is 6.47. The summed E-state index contributed by atoms with van der Waals surface area (Å²) in [7, 11) is 0. The predicted octanol–water partition coefficient (Wildman–Crippen LogP) is 2.01. The lowest BCUT2D eigenvalue weighted by molar-refractivity contribution is -0.138. The molecule has 1 atom stereocenters. The number of aryl methyl sites for hydroxylation is 1. The number of anilines is 1. The van der Waals surface area contributed by atoms with Crippen molar-refractivity contribution in [1.82, 2.24) is 9.97 Å². The van der Waals surface area contributed by atoms with E-state index < -0.39 is 12.0 Å². The van der Waals surface area contributed by atoms with Crippen LogP contribution in [0.4, 0.5) is 5.82 Å². The molecule has 1 aliphatic rings. The fourth-order valence-corrected chi connectivity index (χ4v) is 2.41. The van der Waals surface area contributed by atoms with Crippen LogP contribution < -0.4 is 4.90 Å². The van der Waals surface area contributed by atoms with Crippen LogP contribution in [0.2, 0.25) is 0 Å². The number of carbonyl (C=O) groups is 1. The molecule has 5 nitrogen and oxygen atoms in total. The topological polar surface area (TPSA) is 66.3 Å². The normalized spacial score (nSPS) is 21.2. The van der Waals surface area contributed by atoms with Gasteiger partial charge in [-0.25, -0.2) is 14.8 Å². The minimum atomic E-state index is -0.756. The van der Waals surface area contributed by atoms with E-state index in [9.17, 15) is 9.90 Å². The number of hydrogen-bond donors (Lipinski definition) is 1. The smallest absolute Gasteiger partial charge is 0.326 e. The third-order valence-corrected chi connectivity index (χ3v) is 3.37. The van der Waals surface area contributed by atoms with Gasteiger partial charge in [-0.1, -0.05) is 19.3 Å². The molecular weight excluding hydrogens is 230 g/mol. The maximum absolute atomic E-state index is 11.4. The van der Waals surface area contributed by atoms with Gasteiger partial charge in [-0.2, -0.15) is 0 Å². The summed E-state index contributed by atoms with van der Waals surface area (Å²) in [5.41, 5.74) is 0.867. The van der Waals surface area contributed by atoms with Crippen molar-refractivity contribution in [2.24, 2.45) is 0 Å². The molecule has 2 heterocycles. The molecule has 1 aliphatic heterocycles. The van der Waals surface area contributed by atoms with Crippen molar-refractivity contribution in [2.75, 3.05) is 11.4 Å². The van der Waals surface area contributed by atoms with Crippen LogP contribution in [-0.2, 0) is 4.79 Å². The molecule has 5 heteroatoms. The lowest BCUT2D eigenvalue weighted by atomic mass is 10.0. The van der Waals surface area contributed by atoms with Crippen molar-refractivity contribution in [3.63, 3.8) is 0 Å². The third kappa shape index (κ3) is 2.97. The molecule has 98 valence electrons. The largest absolute Gasteiger partial charge is 0.480 e. The molecule has 0 aliphatic carbocycles. The fraction of sp³-hybridized carbons (Fsp3) is 0.615. The van der Waals surface area contributed by atoms with Crippen molar-refractivity contribution < 1.29 is 9.90 Å². The predicted molar refractivity (Wildman–Crippen MR) is 68.6 cm³/mol. The van der Waals surface area contributed by atoms with Gasteiger partial charge in [0.15, 0.2) is 0 Å². The van der Waals surface area contributed by atoms with Gasteiger partial charge in [0.1, 0.15) is 18.2 Å². The van der Waals surface area contributed by atoms with E-state index >= 15 is 0 Å². The lowest BCUT2D eigenvalue weighted by Crippen LogP contribution is -2.43. The number of aliphatic carboxylic acids is 1. The van der Waals surface area contributed by atoms with Crippen LogP contribution in [0, 0.1) is 6.92 Å². The molecule has 0 amide bonds. The molecule has 1 unspecified atom stereocenters. The van der Waals surface area contributed by atoms with Crippen molar-refractivity contribution in [3.8, 4) is 0 Å². The van der Waals surface area contributed by atoms with E-state index in [2.05, 4.69) is 9.97 Å². The number of aromatic nitrogens is 2. The summed E-state index contributed by atoms with van der Waals surface area (Å²) in [4.78, 5) is 21.6. The Hall–Kier alpha value is -1.65. The highest BCUT2D eigenvalue weighted by molar-refractivity contribution is 5.77. The van der Waals surface area contributed by atoms with Gasteiger partial charge in [-0.3, -0.25) is 0 Å². The fourth-order valence-electron chi connectivity index (χ4n) is 2.41. The van der Waals surface area contributed by atoms with E-state index in [-0.39, 0.29) is 0 Å². The molecule has 18 heavy (non-hydrogen) atoms. The summed E-state index contributed by atoms with van der Waals surface area (Å²) >= 11 is 0. The van der Waals surface area contributed by atoms with E-state index in [1.807, 2.05) is 17.9 Å². The first-order chi connectivity index (χ1) is 8.68. The minimum absolute atomic E-state index is 0.459. The second-order valence-electron chi connectivity index (χ2n) is 4.77. The van der Waals surface area contributed by atoms with Gasteiger partial charge in [-0.15, -0.1) is 0 Å². The summed E-state index contributed by atoms with van der Waals surface area (Å²) in [6.45, 7) is 2.65. The molecule has 2 rings (SSSR count). The SMILES string of the molecule is Cc1cc(N2CCCCCCC2C(=O)O)ncn1. The van der Waals surface area contributed by atoms with Gasteiger partial charge in [0.2, 0.25) is 0 Å². The average molecular weight is 249 g/mol. The second-order valence-corrected chi connectivity index (χ2v) is 4.77. The van der Waals surface area contributed by atoms with Crippen molar-refractivity contribution in [3.05, 3.63) is 18.1 Å². The molecule has 1 saturated heterocycles. The van der Waals surface area contributed by atoms with E-state index in [1.165, 1.54) is 6.33 Å². The highest BCUT2D eigenvalue weighted by atomic mass is 16.4. The molecule has 0 aromatic carbocycles. The Morgan fingerprint density at radius 2 is 2.11 bits per heavy atom. The Kier molecular flexibility index (Phi) is 4.12. The molecule has 1 aromatic rings. The van der Waals surface area contributed by atoms with Crippen LogP contribution in [0.5, 0.6) is 0 Å². The molecule has 0 spiro atoms. The summed E-state index contributed by atoms with van der Waals surface area (Å²) in [6, 6.07) is 1.40. The van der Waals surface area contributed by atoms with Gasteiger partial charge < -0.3 is 10.0 Å². The van der Waals surface area contributed by atoms with Crippen LogP contribution in [0.25, 0.3) is 0 Å².